The zero-order valence-electron chi connectivity index (χ0n) is 15.3. The molecular weight excluding hydrogens is 314 g/mol. The van der Waals surface area contributed by atoms with Crippen molar-refractivity contribution in [1.82, 2.24) is 19.8 Å². The van der Waals surface area contributed by atoms with Crippen LogP contribution in [0.3, 0.4) is 0 Å². The molecule has 0 radical (unpaired) electrons. The van der Waals surface area contributed by atoms with E-state index in [-0.39, 0.29) is 0 Å². The highest BCUT2D eigenvalue weighted by atomic mass is 16.5. The molecule has 1 atom stereocenters. The van der Waals surface area contributed by atoms with Crippen LogP contribution in [0.5, 0.6) is 0 Å². The molecule has 1 aromatic rings. The average molecular weight is 345 g/mol. The minimum atomic E-state index is 0.658. The molecule has 6 nitrogen and oxygen atoms in total. The maximum atomic E-state index is 5.49. The molecule has 4 rings (SSSR count). The summed E-state index contributed by atoms with van der Waals surface area (Å²) in [6, 6.07) is 0.658. The fourth-order valence-corrected chi connectivity index (χ4v) is 4.30. The molecule has 0 aliphatic carbocycles. The van der Waals surface area contributed by atoms with Gasteiger partial charge in [-0.2, -0.15) is 0 Å². The first-order valence-electron chi connectivity index (χ1n) is 9.98. The summed E-state index contributed by atoms with van der Waals surface area (Å²) in [5.74, 6) is 0.907. The molecule has 0 amide bonds. The van der Waals surface area contributed by atoms with E-state index in [9.17, 15) is 0 Å². The number of nitrogens with zero attached hydrogens (tertiary/aromatic N) is 5. The zero-order chi connectivity index (χ0) is 16.9. The molecule has 0 bridgehead atoms. The summed E-state index contributed by atoms with van der Waals surface area (Å²) in [5, 5.41) is 0. The van der Waals surface area contributed by atoms with E-state index in [4.69, 9.17) is 4.74 Å². The molecule has 1 aromatic heterocycles. The van der Waals surface area contributed by atoms with Crippen LogP contribution in [0.15, 0.2) is 12.4 Å². The van der Waals surface area contributed by atoms with Gasteiger partial charge in [-0.25, -0.2) is 9.97 Å². The van der Waals surface area contributed by atoms with Gasteiger partial charge in [-0.1, -0.05) is 6.42 Å². The third-order valence-corrected chi connectivity index (χ3v) is 5.79. The molecule has 0 saturated carbocycles. The largest absolute Gasteiger partial charge is 0.379 e. The normalized spacial score (nSPS) is 26.2. The van der Waals surface area contributed by atoms with Gasteiger partial charge in [-0.3, -0.25) is 9.80 Å². The summed E-state index contributed by atoms with van der Waals surface area (Å²) in [7, 11) is 0. The molecule has 0 N–H and O–H groups in total. The lowest BCUT2D eigenvalue weighted by Gasteiger charge is -2.39. The standard InChI is InChI=1S/C19H31N5O/c1-2-8-24(18(5-1)16-22-9-11-25-12-10-22)15-17-13-20-19(21-14-17)23-6-3-4-7-23/h13-14,18H,1-12,15-16H2. The zero-order valence-corrected chi connectivity index (χ0v) is 15.3. The van der Waals surface area contributed by atoms with Crippen molar-refractivity contribution >= 4 is 5.95 Å². The Labute approximate surface area is 151 Å². The quantitative estimate of drug-likeness (QED) is 0.810. The van der Waals surface area contributed by atoms with Crippen molar-refractivity contribution in [2.24, 2.45) is 0 Å². The summed E-state index contributed by atoms with van der Waals surface area (Å²) >= 11 is 0. The number of aromatic nitrogens is 2. The highest BCUT2D eigenvalue weighted by molar-refractivity contribution is 5.30. The molecule has 6 heteroatoms. The van der Waals surface area contributed by atoms with E-state index in [0.29, 0.717) is 6.04 Å². The van der Waals surface area contributed by atoms with Crippen molar-refractivity contribution in [3.05, 3.63) is 18.0 Å². The number of piperidine rings is 1. The van der Waals surface area contributed by atoms with Crippen LogP contribution >= 0.6 is 0 Å². The van der Waals surface area contributed by atoms with Crippen LogP contribution in [0.25, 0.3) is 0 Å². The van der Waals surface area contributed by atoms with E-state index in [1.54, 1.807) is 0 Å². The first kappa shape index (κ1) is 17.2. The maximum absolute atomic E-state index is 5.49. The van der Waals surface area contributed by atoms with Crippen molar-refractivity contribution < 1.29 is 4.74 Å². The second kappa shape index (κ2) is 8.43. The lowest BCUT2D eigenvalue weighted by atomic mass is 10.0. The van der Waals surface area contributed by atoms with Crippen LogP contribution in [0.4, 0.5) is 5.95 Å². The molecule has 0 spiro atoms. The maximum Gasteiger partial charge on any atom is 0.225 e. The van der Waals surface area contributed by atoms with Gasteiger partial charge in [0.2, 0.25) is 5.95 Å². The van der Waals surface area contributed by atoms with E-state index in [1.165, 1.54) is 50.8 Å². The van der Waals surface area contributed by atoms with Gasteiger partial charge in [0.25, 0.3) is 0 Å². The number of anilines is 1. The summed E-state index contributed by atoms with van der Waals surface area (Å²) in [4.78, 5) is 16.8. The first-order valence-corrected chi connectivity index (χ1v) is 9.98. The van der Waals surface area contributed by atoms with Gasteiger partial charge < -0.3 is 9.64 Å². The Balaban J connectivity index is 1.35. The molecule has 4 heterocycles. The third kappa shape index (κ3) is 4.49. The van der Waals surface area contributed by atoms with Gasteiger partial charge >= 0.3 is 0 Å². The second-order valence-corrected chi connectivity index (χ2v) is 7.62. The number of hydrogen-bond donors (Lipinski definition) is 0. The van der Waals surface area contributed by atoms with E-state index >= 15 is 0 Å². The van der Waals surface area contributed by atoms with Gasteiger partial charge in [0.15, 0.2) is 0 Å². The predicted molar refractivity (Wildman–Crippen MR) is 98.8 cm³/mol. The number of rotatable bonds is 5. The Kier molecular flexibility index (Phi) is 5.79. The summed E-state index contributed by atoms with van der Waals surface area (Å²) in [6.07, 6.45) is 10.6. The molecule has 3 aliphatic heterocycles. The number of morpholine rings is 1. The number of hydrogen-bond acceptors (Lipinski definition) is 6. The molecule has 0 aromatic carbocycles. The van der Waals surface area contributed by atoms with Gasteiger partial charge in [0.05, 0.1) is 13.2 Å². The summed E-state index contributed by atoms with van der Waals surface area (Å²) < 4.78 is 5.49. The van der Waals surface area contributed by atoms with Gasteiger partial charge in [-0.15, -0.1) is 0 Å². The Morgan fingerprint density at radius 1 is 0.920 bits per heavy atom. The van der Waals surface area contributed by atoms with Crippen LogP contribution in [-0.4, -0.2) is 78.3 Å². The summed E-state index contributed by atoms with van der Waals surface area (Å²) in [6.45, 7) is 9.50. The van der Waals surface area contributed by atoms with Crippen molar-refractivity contribution in [2.75, 3.05) is 57.4 Å². The van der Waals surface area contributed by atoms with Crippen LogP contribution in [-0.2, 0) is 11.3 Å². The van der Waals surface area contributed by atoms with Crippen molar-refractivity contribution in [1.29, 1.82) is 0 Å². The fraction of sp³-hybridized carbons (Fsp3) is 0.789. The van der Waals surface area contributed by atoms with E-state index in [1.807, 2.05) is 12.4 Å². The Morgan fingerprint density at radius 3 is 2.40 bits per heavy atom. The molecule has 25 heavy (non-hydrogen) atoms. The van der Waals surface area contributed by atoms with Crippen molar-refractivity contribution in [2.45, 2.75) is 44.7 Å². The fourth-order valence-electron chi connectivity index (χ4n) is 4.30. The van der Waals surface area contributed by atoms with Gasteiger partial charge in [-0.05, 0) is 32.2 Å². The topological polar surface area (TPSA) is 44.7 Å². The minimum absolute atomic E-state index is 0.658. The smallest absolute Gasteiger partial charge is 0.225 e. The highest BCUT2D eigenvalue weighted by Gasteiger charge is 2.25. The molecular formula is C19H31N5O. The molecule has 138 valence electrons. The Bertz CT molecular complexity index is 525. The Hall–Kier alpha value is -1.24. The van der Waals surface area contributed by atoms with Crippen molar-refractivity contribution in [3.63, 3.8) is 0 Å². The molecule has 3 fully saturated rings. The molecule has 1 unspecified atom stereocenters. The lowest BCUT2D eigenvalue weighted by molar-refractivity contribution is 0.0153. The van der Waals surface area contributed by atoms with Crippen LogP contribution in [0, 0.1) is 0 Å². The monoisotopic (exact) mass is 345 g/mol. The van der Waals surface area contributed by atoms with E-state index in [2.05, 4.69) is 24.7 Å². The van der Waals surface area contributed by atoms with Crippen molar-refractivity contribution in [3.8, 4) is 0 Å². The summed E-state index contributed by atoms with van der Waals surface area (Å²) in [5.41, 5.74) is 1.25. The highest BCUT2D eigenvalue weighted by Crippen LogP contribution is 2.21. The Morgan fingerprint density at radius 2 is 1.64 bits per heavy atom. The average Bonchev–Trinajstić information content (AvgIpc) is 3.20. The third-order valence-electron chi connectivity index (χ3n) is 5.79. The van der Waals surface area contributed by atoms with Gasteiger partial charge in [0.1, 0.15) is 0 Å². The van der Waals surface area contributed by atoms with E-state index in [0.717, 1.165) is 51.9 Å². The van der Waals surface area contributed by atoms with Crippen LogP contribution in [0.2, 0.25) is 0 Å². The first-order chi connectivity index (χ1) is 12.4. The number of likely N-dealkylation sites (tertiary alicyclic amines) is 1. The van der Waals surface area contributed by atoms with E-state index < -0.39 is 0 Å². The van der Waals surface area contributed by atoms with Crippen LogP contribution in [0.1, 0.15) is 37.7 Å². The van der Waals surface area contributed by atoms with Crippen LogP contribution < -0.4 is 4.90 Å². The second-order valence-electron chi connectivity index (χ2n) is 7.62. The predicted octanol–water partition coefficient (Wildman–Crippen LogP) is 1.76. The molecule has 3 saturated heterocycles. The minimum Gasteiger partial charge on any atom is -0.379 e. The SMILES string of the molecule is c1nc(N2CCCC2)ncc1CN1CCCCC1CN1CCOCC1. The molecule has 3 aliphatic rings. The van der Waals surface area contributed by atoms with Gasteiger partial charge in [0, 0.05) is 63.3 Å². The lowest BCUT2D eigenvalue weighted by Crippen LogP contribution is -2.49. The number of ether oxygens (including phenoxy) is 1.